The van der Waals surface area contributed by atoms with Crippen molar-refractivity contribution in [1.29, 1.82) is 0 Å². The molecule has 36 heavy (non-hydrogen) atoms. The Morgan fingerprint density at radius 3 is 2.39 bits per heavy atom. The molecule has 0 saturated carbocycles. The van der Waals surface area contributed by atoms with Crippen molar-refractivity contribution in [2.24, 2.45) is 23.7 Å². The van der Waals surface area contributed by atoms with Crippen LogP contribution in [0.15, 0.2) is 36.4 Å². The minimum absolute atomic E-state index is 0.0155. The second-order valence-corrected chi connectivity index (χ2v) is 10.0. The molecular formula is C27H41N3O6. The number of benzene rings is 1. The molecule has 1 aromatic carbocycles. The van der Waals surface area contributed by atoms with E-state index in [9.17, 15) is 19.5 Å². The summed E-state index contributed by atoms with van der Waals surface area (Å²) in [6.45, 7) is 8.37. The van der Waals surface area contributed by atoms with E-state index in [1.807, 2.05) is 70.2 Å². The monoisotopic (exact) mass is 503 g/mol. The Labute approximate surface area is 214 Å². The van der Waals surface area contributed by atoms with Gasteiger partial charge in [0, 0.05) is 19.6 Å². The van der Waals surface area contributed by atoms with Crippen molar-refractivity contribution in [3.63, 3.8) is 0 Å². The normalized spacial score (nSPS) is 17.7. The smallest absolute Gasteiger partial charge is 0.426 e. The molecule has 0 radical (unpaired) electrons. The third-order valence-electron chi connectivity index (χ3n) is 5.84. The molecule has 3 atom stereocenters. The van der Waals surface area contributed by atoms with Gasteiger partial charge in [-0.25, -0.2) is 20.1 Å². The lowest BCUT2D eigenvalue weighted by molar-refractivity contribution is -0.203. The highest BCUT2D eigenvalue weighted by atomic mass is 16.8. The number of ether oxygens (including phenoxy) is 1. The maximum Gasteiger partial charge on any atom is 0.426 e. The van der Waals surface area contributed by atoms with Crippen LogP contribution in [0.3, 0.4) is 0 Å². The molecule has 9 nitrogen and oxygen atoms in total. The predicted octanol–water partition coefficient (Wildman–Crippen LogP) is 4.61. The van der Waals surface area contributed by atoms with Crippen molar-refractivity contribution in [1.82, 2.24) is 15.9 Å². The Kier molecular flexibility index (Phi) is 12.4. The molecule has 1 aromatic rings. The average molecular weight is 504 g/mol. The molecule has 1 aliphatic rings. The number of hydrazine groups is 1. The van der Waals surface area contributed by atoms with Crippen LogP contribution in [0, 0.1) is 23.7 Å². The van der Waals surface area contributed by atoms with Crippen molar-refractivity contribution < 1.29 is 29.1 Å². The van der Waals surface area contributed by atoms with Crippen LogP contribution in [0.4, 0.5) is 4.79 Å². The number of allylic oxidation sites excluding steroid dienone is 1. The van der Waals surface area contributed by atoms with Gasteiger partial charge in [-0.15, -0.1) is 0 Å². The second kappa shape index (κ2) is 15.3. The summed E-state index contributed by atoms with van der Waals surface area (Å²) in [4.78, 5) is 43.9. The van der Waals surface area contributed by atoms with Crippen LogP contribution in [0.2, 0.25) is 0 Å². The summed E-state index contributed by atoms with van der Waals surface area (Å²) in [5.74, 6) is -2.37. The molecule has 1 fully saturated rings. The highest BCUT2D eigenvalue weighted by molar-refractivity contribution is 5.88. The van der Waals surface area contributed by atoms with Gasteiger partial charge in [0.25, 0.3) is 0 Å². The Hall–Kier alpha value is -2.91. The van der Waals surface area contributed by atoms with Gasteiger partial charge in [-0.1, -0.05) is 70.2 Å². The standard InChI is InChI=1S/C27H41N3O6/c1-19(2)17-23(25(31)28-30(27(33)34)18-20(3)4)22(14-10-13-21-11-6-5-7-12-21)26(32)29-36-24-15-8-9-16-35-24/h5-7,10-13,19-20,22-24H,8-9,14-18H2,1-4H3,(H,28,31)(H,29,32)(H,33,34)/b13-10+/t22-,23+,24?/m0/s1. The maximum absolute atomic E-state index is 13.4. The number of hydrogen-bond acceptors (Lipinski definition) is 5. The van der Waals surface area contributed by atoms with Gasteiger partial charge in [-0.3, -0.25) is 15.0 Å². The summed E-state index contributed by atoms with van der Waals surface area (Å²) in [7, 11) is 0. The quantitative estimate of drug-likeness (QED) is 0.359. The van der Waals surface area contributed by atoms with E-state index in [4.69, 9.17) is 9.57 Å². The number of carbonyl (C=O) groups excluding carboxylic acids is 2. The molecule has 3 amide bonds. The fraction of sp³-hybridized carbons (Fsp3) is 0.593. The van der Waals surface area contributed by atoms with Gasteiger partial charge in [0.2, 0.25) is 11.8 Å². The summed E-state index contributed by atoms with van der Waals surface area (Å²) in [6.07, 6.45) is 5.25. The largest absolute Gasteiger partial charge is 0.464 e. The van der Waals surface area contributed by atoms with Crippen LogP contribution >= 0.6 is 0 Å². The minimum Gasteiger partial charge on any atom is -0.464 e. The first-order chi connectivity index (χ1) is 17.2. The number of carboxylic acid groups (broad SMARTS) is 1. The van der Waals surface area contributed by atoms with Crippen LogP contribution in [0.1, 0.15) is 65.4 Å². The Morgan fingerprint density at radius 2 is 1.81 bits per heavy atom. The molecule has 2 rings (SSSR count). The zero-order valence-corrected chi connectivity index (χ0v) is 21.8. The molecule has 0 bridgehead atoms. The summed E-state index contributed by atoms with van der Waals surface area (Å²) < 4.78 is 5.53. The molecule has 9 heteroatoms. The molecule has 0 spiro atoms. The third kappa shape index (κ3) is 10.4. The van der Waals surface area contributed by atoms with E-state index >= 15 is 0 Å². The Balaban J connectivity index is 2.23. The fourth-order valence-electron chi connectivity index (χ4n) is 4.09. The summed E-state index contributed by atoms with van der Waals surface area (Å²) in [5, 5.41) is 10.5. The van der Waals surface area contributed by atoms with Gasteiger partial charge in [-0.05, 0) is 43.1 Å². The predicted molar refractivity (Wildman–Crippen MR) is 137 cm³/mol. The second-order valence-electron chi connectivity index (χ2n) is 10.0. The van der Waals surface area contributed by atoms with Gasteiger partial charge >= 0.3 is 6.09 Å². The molecule has 3 N–H and O–H groups in total. The fourth-order valence-corrected chi connectivity index (χ4v) is 4.09. The number of rotatable bonds is 12. The van der Waals surface area contributed by atoms with Crippen LogP contribution in [0.25, 0.3) is 6.08 Å². The summed E-state index contributed by atoms with van der Waals surface area (Å²) in [6, 6.07) is 9.67. The molecule has 0 aromatic heterocycles. The van der Waals surface area contributed by atoms with E-state index in [1.54, 1.807) is 0 Å². The summed E-state index contributed by atoms with van der Waals surface area (Å²) in [5.41, 5.74) is 6.01. The van der Waals surface area contributed by atoms with E-state index in [0.717, 1.165) is 23.4 Å². The van der Waals surface area contributed by atoms with Crippen LogP contribution in [-0.4, -0.2) is 47.5 Å². The van der Waals surface area contributed by atoms with Crippen molar-refractivity contribution in [2.45, 2.75) is 66.1 Å². The van der Waals surface area contributed by atoms with Crippen molar-refractivity contribution in [3.05, 3.63) is 42.0 Å². The lowest BCUT2D eigenvalue weighted by Crippen LogP contribution is -2.52. The maximum atomic E-state index is 13.4. The number of carbonyl (C=O) groups is 3. The topological polar surface area (TPSA) is 117 Å². The van der Waals surface area contributed by atoms with Crippen molar-refractivity contribution in [2.75, 3.05) is 13.2 Å². The van der Waals surface area contributed by atoms with E-state index in [2.05, 4.69) is 10.9 Å². The zero-order valence-electron chi connectivity index (χ0n) is 21.8. The lowest BCUT2D eigenvalue weighted by atomic mass is 9.82. The summed E-state index contributed by atoms with van der Waals surface area (Å²) >= 11 is 0. The first-order valence-corrected chi connectivity index (χ1v) is 12.8. The Morgan fingerprint density at radius 1 is 1.08 bits per heavy atom. The molecule has 200 valence electrons. The van der Waals surface area contributed by atoms with E-state index < -0.39 is 36.0 Å². The number of nitrogens with zero attached hydrogens (tertiary/aromatic N) is 1. The molecule has 1 saturated heterocycles. The van der Waals surface area contributed by atoms with Gasteiger partial charge in [0.05, 0.1) is 11.8 Å². The van der Waals surface area contributed by atoms with Crippen molar-refractivity contribution in [3.8, 4) is 0 Å². The van der Waals surface area contributed by atoms with Gasteiger partial charge < -0.3 is 9.84 Å². The molecular weight excluding hydrogens is 462 g/mol. The van der Waals surface area contributed by atoms with Crippen LogP contribution in [-0.2, 0) is 19.2 Å². The number of amides is 3. The number of hydroxylamine groups is 1. The highest BCUT2D eigenvalue weighted by Crippen LogP contribution is 2.26. The van der Waals surface area contributed by atoms with Gasteiger partial charge in [0.1, 0.15) is 0 Å². The SMILES string of the molecule is CC(C)C[C@@H](C(=O)NN(CC(C)C)C(=O)O)[C@H](C/C=C/c1ccccc1)C(=O)NOC1CCCCO1. The van der Waals surface area contributed by atoms with Gasteiger partial charge in [0.15, 0.2) is 6.29 Å². The molecule has 1 heterocycles. The van der Waals surface area contributed by atoms with E-state index in [-0.39, 0.29) is 24.8 Å². The Bertz CT molecular complexity index is 852. The average Bonchev–Trinajstić information content (AvgIpc) is 2.84. The lowest BCUT2D eigenvalue weighted by Gasteiger charge is -2.30. The van der Waals surface area contributed by atoms with Crippen LogP contribution < -0.4 is 10.9 Å². The van der Waals surface area contributed by atoms with Gasteiger partial charge in [-0.2, -0.15) is 0 Å². The highest BCUT2D eigenvalue weighted by Gasteiger charge is 2.35. The van der Waals surface area contributed by atoms with E-state index in [0.29, 0.717) is 19.4 Å². The first-order valence-electron chi connectivity index (χ1n) is 12.8. The third-order valence-corrected chi connectivity index (χ3v) is 5.84. The molecule has 0 aliphatic carbocycles. The molecule has 1 unspecified atom stereocenters. The number of hydrogen-bond donors (Lipinski definition) is 3. The van der Waals surface area contributed by atoms with E-state index in [1.165, 1.54) is 0 Å². The van der Waals surface area contributed by atoms with Crippen LogP contribution in [0.5, 0.6) is 0 Å². The number of nitrogens with one attached hydrogen (secondary N) is 2. The van der Waals surface area contributed by atoms with Crippen molar-refractivity contribution >= 4 is 24.0 Å². The minimum atomic E-state index is -1.25. The first kappa shape index (κ1) is 29.3. The zero-order chi connectivity index (χ0) is 26.5. The molecule has 1 aliphatic heterocycles.